The lowest BCUT2D eigenvalue weighted by atomic mass is 9.98. The number of nitrogens with two attached hydrogens (primary N) is 2. The number of benzene rings is 2. The molecule has 11 N–H and O–H groups in total. The van der Waals surface area contributed by atoms with E-state index in [1.807, 2.05) is 50.2 Å². The van der Waals surface area contributed by atoms with E-state index in [0.717, 1.165) is 17.5 Å². The molecule has 2 aromatic carbocycles. The highest BCUT2D eigenvalue weighted by Crippen LogP contribution is 2.13. The second-order valence-electron chi connectivity index (χ2n) is 14.9. The van der Waals surface area contributed by atoms with E-state index in [4.69, 9.17) is 11.5 Å². The zero-order valence-corrected chi connectivity index (χ0v) is 32.8. The van der Waals surface area contributed by atoms with Crippen molar-refractivity contribution in [2.24, 2.45) is 28.3 Å². The largest absolute Gasteiger partial charge is 0.480 e. The second kappa shape index (κ2) is 22.8. The Morgan fingerprint density at radius 1 is 0.732 bits per heavy atom. The number of nitrogens with one attached hydrogen (secondary N) is 6. The van der Waals surface area contributed by atoms with Gasteiger partial charge in [-0.1, -0.05) is 88.4 Å². The van der Waals surface area contributed by atoms with Gasteiger partial charge in [0.05, 0.1) is 6.04 Å². The fourth-order valence-electron chi connectivity index (χ4n) is 6.36. The molecule has 3 rings (SSSR count). The monoisotopic (exact) mass is 777 g/mol. The van der Waals surface area contributed by atoms with Gasteiger partial charge in [-0.2, -0.15) is 0 Å². The van der Waals surface area contributed by atoms with Gasteiger partial charge in [-0.25, -0.2) is 4.79 Å². The predicted octanol–water partition coefficient (Wildman–Crippen LogP) is 0.488. The molecular weight excluding hydrogens is 718 g/mol. The van der Waals surface area contributed by atoms with Gasteiger partial charge >= 0.3 is 5.97 Å². The molecule has 0 spiro atoms. The van der Waals surface area contributed by atoms with Crippen molar-refractivity contribution in [2.45, 2.75) is 109 Å². The van der Waals surface area contributed by atoms with Gasteiger partial charge in [0.2, 0.25) is 29.5 Å². The lowest BCUT2D eigenvalue weighted by molar-refractivity contribution is -0.142. The van der Waals surface area contributed by atoms with Crippen LogP contribution in [0.5, 0.6) is 0 Å². The van der Waals surface area contributed by atoms with Crippen LogP contribution in [0.15, 0.2) is 65.7 Å². The van der Waals surface area contributed by atoms with Gasteiger partial charge in [0.25, 0.3) is 0 Å². The lowest BCUT2D eigenvalue weighted by Crippen LogP contribution is -2.61. The van der Waals surface area contributed by atoms with Crippen LogP contribution in [0.25, 0.3) is 0 Å². The molecule has 1 aliphatic rings. The number of guanidine groups is 1. The van der Waals surface area contributed by atoms with E-state index >= 15 is 0 Å². The smallest absolute Gasteiger partial charge is 0.326 e. The third-order valence-corrected chi connectivity index (χ3v) is 9.35. The van der Waals surface area contributed by atoms with Crippen molar-refractivity contribution in [1.82, 2.24) is 31.9 Å². The number of nitrogens with zero attached hydrogens (tertiary/aromatic N) is 1. The first kappa shape index (κ1) is 44.9. The summed E-state index contributed by atoms with van der Waals surface area (Å²) < 4.78 is 0. The summed E-state index contributed by atoms with van der Waals surface area (Å²) in [4.78, 5) is 84.5. The average molecular weight is 778 g/mol. The zero-order chi connectivity index (χ0) is 41.2. The minimum Gasteiger partial charge on any atom is -0.480 e. The third-order valence-electron chi connectivity index (χ3n) is 9.35. The molecule has 16 nitrogen and oxygen atoms in total. The van der Waals surface area contributed by atoms with Crippen LogP contribution in [0.4, 0.5) is 0 Å². The highest BCUT2D eigenvalue weighted by atomic mass is 16.4. The fraction of sp³-hybridized carbons (Fsp3) is 0.525. The van der Waals surface area contributed by atoms with E-state index in [1.165, 1.54) is 0 Å². The molecule has 0 aromatic heterocycles. The number of hydrogen-bond donors (Lipinski definition) is 9. The number of carboxylic acid groups (broad SMARTS) is 1. The molecule has 16 heteroatoms. The SMILES string of the molecule is CC(C)C[C@H](NC(=O)[C@H](Cc1ccccc1)NC(=O)[C@@H](NC(=O)[C@H](Cc1ccccc1)NC(=O)[C@@H]1CCCN1)C(C)C)C(=O)N[C@@H](CCCN=C(N)N)C(=O)O. The van der Waals surface area contributed by atoms with Crippen LogP contribution < -0.4 is 43.4 Å². The molecule has 1 heterocycles. The number of carboxylic acids is 1. The standard InChI is InChI=1S/C40H59N9O7/c1-24(2)21-30(35(51)45-29(39(55)56)18-12-20-44-40(41)42)46-36(52)31(22-26-13-7-5-8-14-26)48-38(54)33(25(3)4)49-37(53)32(23-27-15-9-6-10-16-27)47-34(50)28-17-11-19-43-28/h5-10,13-16,24-25,28-33,43H,11-12,17-23H2,1-4H3,(H,45,51)(H,46,52)(H,47,50)(H,48,54)(H,49,53)(H,55,56)(H4,41,42,44)/t28-,29-,30-,31-,32-,33-/m0/s1. The van der Waals surface area contributed by atoms with Gasteiger partial charge in [0.1, 0.15) is 30.2 Å². The lowest BCUT2D eigenvalue weighted by Gasteiger charge is -2.29. The van der Waals surface area contributed by atoms with Crippen molar-refractivity contribution in [3.8, 4) is 0 Å². The van der Waals surface area contributed by atoms with Crippen molar-refractivity contribution in [1.29, 1.82) is 0 Å². The quantitative estimate of drug-likeness (QED) is 0.0454. The molecule has 56 heavy (non-hydrogen) atoms. The van der Waals surface area contributed by atoms with Gasteiger partial charge in [-0.3, -0.25) is 29.0 Å². The third kappa shape index (κ3) is 15.3. The first-order valence-electron chi connectivity index (χ1n) is 19.3. The molecule has 5 amide bonds. The van der Waals surface area contributed by atoms with Crippen LogP contribution in [0.3, 0.4) is 0 Å². The molecule has 1 fully saturated rings. The summed E-state index contributed by atoms with van der Waals surface area (Å²) in [6.45, 7) is 8.09. The fourth-order valence-corrected chi connectivity index (χ4v) is 6.36. The minimum atomic E-state index is -1.26. The van der Waals surface area contributed by atoms with E-state index in [9.17, 15) is 33.9 Å². The van der Waals surface area contributed by atoms with E-state index in [2.05, 4.69) is 36.9 Å². The Hall–Kier alpha value is -5.51. The Labute approximate surface area is 328 Å². The normalized spacial score (nSPS) is 16.4. The molecule has 0 saturated carbocycles. The Balaban J connectivity index is 1.82. The van der Waals surface area contributed by atoms with Crippen LogP contribution in [-0.2, 0) is 41.6 Å². The number of carbonyl (C=O) groups is 6. The Morgan fingerprint density at radius 3 is 1.75 bits per heavy atom. The summed E-state index contributed by atoms with van der Waals surface area (Å²) in [5, 5.41) is 26.7. The first-order valence-corrected chi connectivity index (χ1v) is 19.3. The maximum Gasteiger partial charge on any atom is 0.326 e. The number of amides is 5. The van der Waals surface area contributed by atoms with Crippen LogP contribution in [0.1, 0.15) is 70.9 Å². The molecule has 6 atom stereocenters. The highest BCUT2D eigenvalue weighted by molar-refractivity contribution is 5.96. The Morgan fingerprint density at radius 2 is 1.25 bits per heavy atom. The summed E-state index contributed by atoms with van der Waals surface area (Å²) in [6, 6.07) is 12.1. The van der Waals surface area contributed by atoms with Crippen molar-refractivity contribution in [3.63, 3.8) is 0 Å². The van der Waals surface area contributed by atoms with E-state index < -0.39 is 71.8 Å². The van der Waals surface area contributed by atoms with Gasteiger partial charge in [-0.15, -0.1) is 0 Å². The number of aliphatic imine (C=N–C) groups is 1. The molecule has 0 aliphatic carbocycles. The Bertz CT molecular complexity index is 1630. The van der Waals surface area contributed by atoms with E-state index in [0.29, 0.717) is 13.0 Å². The molecule has 2 aromatic rings. The molecule has 0 unspecified atom stereocenters. The number of hydrogen-bond acceptors (Lipinski definition) is 8. The van der Waals surface area contributed by atoms with Crippen LogP contribution >= 0.6 is 0 Å². The molecule has 0 radical (unpaired) electrons. The molecule has 0 bridgehead atoms. The predicted molar refractivity (Wildman–Crippen MR) is 213 cm³/mol. The first-order chi connectivity index (χ1) is 26.6. The van der Waals surface area contributed by atoms with E-state index in [1.54, 1.807) is 38.1 Å². The Kier molecular flexibility index (Phi) is 18.2. The molecule has 306 valence electrons. The van der Waals surface area contributed by atoms with Gasteiger partial charge < -0.3 is 48.5 Å². The van der Waals surface area contributed by atoms with Crippen LogP contribution in [0, 0.1) is 11.8 Å². The van der Waals surface area contributed by atoms with Crippen LogP contribution in [0.2, 0.25) is 0 Å². The topological polar surface area (TPSA) is 259 Å². The van der Waals surface area contributed by atoms with Crippen molar-refractivity contribution in [2.75, 3.05) is 13.1 Å². The average Bonchev–Trinajstić information content (AvgIpc) is 3.70. The summed E-state index contributed by atoms with van der Waals surface area (Å²) >= 11 is 0. The molecular formula is C40H59N9O7. The van der Waals surface area contributed by atoms with Gasteiger partial charge in [-0.05, 0) is 61.6 Å². The van der Waals surface area contributed by atoms with Crippen molar-refractivity contribution < 1.29 is 33.9 Å². The summed E-state index contributed by atoms with van der Waals surface area (Å²) in [7, 11) is 0. The maximum atomic E-state index is 14.1. The number of carbonyl (C=O) groups excluding carboxylic acids is 5. The summed E-state index contributed by atoms with van der Waals surface area (Å²) in [5.74, 6) is -4.75. The molecule has 1 saturated heterocycles. The number of rotatable bonds is 22. The highest BCUT2D eigenvalue weighted by Gasteiger charge is 2.35. The number of aliphatic carboxylic acids is 1. The summed E-state index contributed by atoms with van der Waals surface area (Å²) in [6.07, 6.45) is 2.24. The van der Waals surface area contributed by atoms with Gasteiger partial charge in [0.15, 0.2) is 5.96 Å². The van der Waals surface area contributed by atoms with Crippen molar-refractivity contribution in [3.05, 3.63) is 71.8 Å². The minimum absolute atomic E-state index is 0.0442. The van der Waals surface area contributed by atoms with Gasteiger partial charge in [0, 0.05) is 19.4 Å². The van der Waals surface area contributed by atoms with E-state index in [-0.39, 0.29) is 56.4 Å². The molecule has 1 aliphatic heterocycles. The zero-order valence-electron chi connectivity index (χ0n) is 32.8. The summed E-state index contributed by atoms with van der Waals surface area (Å²) in [5.41, 5.74) is 12.2. The van der Waals surface area contributed by atoms with Crippen molar-refractivity contribution >= 4 is 41.5 Å². The maximum absolute atomic E-state index is 14.1. The van der Waals surface area contributed by atoms with Crippen LogP contribution in [-0.4, -0.2) is 95.9 Å². The second-order valence-corrected chi connectivity index (χ2v) is 14.9.